The Hall–Kier alpha value is -4.49. The van der Waals surface area contributed by atoms with E-state index >= 15 is 0 Å². The first-order chi connectivity index (χ1) is 13.3. The average molecular weight is 387 g/mol. The fourth-order valence-electron chi connectivity index (χ4n) is 2.24. The van der Waals surface area contributed by atoms with Crippen LogP contribution in [0.15, 0.2) is 42.5 Å². The topological polar surface area (TPSA) is 182 Å². The number of aromatic nitrogens is 4. The quantitative estimate of drug-likeness (QED) is 0.429. The number of rotatable bonds is 7. The molecule has 0 radical (unpaired) electrons. The van der Waals surface area contributed by atoms with E-state index in [0.29, 0.717) is 5.69 Å². The number of benzene rings is 2. The SMILES string of the molecule is O=[N+]([O-])c1ccc(-n2nnnc2OCc2cc([N+](=O)[O-])cc([N+](=O)[O-])c2)cc1. The van der Waals surface area contributed by atoms with Crippen molar-refractivity contribution in [2.45, 2.75) is 6.61 Å². The maximum atomic E-state index is 10.9. The van der Waals surface area contributed by atoms with Gasteiger partial charge in [-0.15, -0.1) is 0 Å². The highest BCUT2D eigenvalue weighted by atomic mass is 16.6. The van der Waals surface area contributed by atoms with Crippen molar-refractivity contribution in [2.24, 2.45) is 0 Å². The largest absolute Gasteiger partial charge is 0.457 e. The molecule has 0 aliphatic carbocycles. The normalized spacial score (nSPS) is 10.4. The fraction of sp³-hybridized carbons (Fsp3) is 0.0714. The molecule has 3 aromatic rings. The van der Waals surface area contributed by atoms with E-state index < -0.39 is 26.1 Å². The number of tetrazole rings is 1. The first-order valence-electron chi connectivity index (χ1n) is 7.44. The number of ether oxygens (including phenoxy) is 1. The molecule has 0 aliphatic rings. The van der Waals surface area contributed by atoms with Crippen LogP contribution in [0.2, 0.25) is 0 Å². The van der Waals surface area contributed by atoms with Gasteiger partial charge in [-0.3, -0.25) is 30.3 Å². The summed E-state index contributed by atoms with van der Waals surface area (Å²) >= 11 is 0. The van der Waals surface area contributed by atoms with Crippen LogP contribution in [0, 0.1) is 30.3 Å². The van der Waals surface area contributed by atoms with Crippen LogP contribution in [0.5, 0.6) is 6.01 Å². The summed E-state index contributed by atoms with van der Waals surface area (Å²) in [6.07, 6.45) is 0. The molecular weight excluding hydrogens is 378 g/mol. The van der Waals surface area contributed by atoms with Gasteiger partial charge in [-0.05, 0) is 22.6 Å². The van der Waals surface area contributed by atoms with Gasteiger partial charge in [0.2, 0.25) is 0 Å². The zero-order valence-electron chi connectivity index (χ0n) is 13.7. The lowest BCUT2D eigenvalue weighted by atomic mass is 10.2. The molecule has 1 aromatic heterocycles. The molecule has 0 saturated heterocycles. The third-order valence-corrected chi connectivity index (χ3v) is 3.50. The van der Waals surface area contributed by atoms with Crippen LogP contribution in [-0.4, -0.2) is 35.0 Å². The van der Waals surface area contributed by atoms with Crippen LogP contribution in [0.1, 0.15) is 5.56 Å². The minimum atomic E-state index is -0.753. The van der Waals surface area contributed by atoms with Crippen molar-refractivity contribution in [3.63, 3.8) is 0 Å². The highest BCUT2D eigenvalue weighted by Gasteiger charge is 2.18. The molecular formula is C14H9N7O7. The van der Waals surface area contributed by atoms with E-state index in [1.807, 2.05) is 0 Å². The van der Waals surface area contributed by atoms with Crippen molar-refractivity contribution >= 4 is 17.1 Å². The molecule has 0 atom stereocenters. The summed E-state index contributed by atoms with van der Waals surface area (Å²) in [5.41, 5.74) is -0.497. The van der Waals surface area contributed by atoms with E-state index in [1.54, 1.807) is 0 Å². The highest BCUT2D eigenvalue weighted by molar-refractivity contribution is 5.46. The number of hydrogen-bond donors (Lipinski definition) is 0. The van der Waals surface area contributed by atoms with Gasteiger partial charge in [-0.2, -0.15) is 4.68 Å². The molecule has 28 heavy (non-hydrogen) atoms. The number of nitro benzene ring substituents is 3. The van der Waals surface area contributed by atoms with Crippen molar-refractivity contribution in [1.82, 2.24) is 20.2 Å². The van der Waals surface area contributed by atoms with E-state index in [4.69, 9.17) is 4.74 Å². The van der Waals surface area contributed by atoms with Crippen molar-refractivity contribution in [3.8, 4) is 11.7 Å². The minimum Gasteiger partial charge on any atom is -0.457 e. The van der Waals surface area contributed by atoms with Crippen LogP contribution in [0.25, 0.3) is 5.69 Å². The lowest BCUT2D eigenvalue weighted by Crippen LogP contribution is -2.05. The van der Waals surface area contributed by atoms with E-state index in [0.717, 1.165) is 22.9 Å². The van der Waals surface area contributed by atoms with E-state index in [1.165, 1.54) is 24.3 Å². The molecule has 0 spiro atoms. The summed E-state index contributed by atoms with van der Waals surface area (Å²) in [7, 11) is 0. The van der Waals surface area contributed by atoms with Gasteiger partial charge in [0.15, 0.2) is 0 Å². The Morgan fingerprint density at radius 1 is 0.857 bits per heavy atom. The second-order valence-electron chi connectivity index (χ2n) is 5.31. The average Bonchev–Trinajstić information content (AvgIpc) is 3.14. The molecule has 0 unspecified atom stereocenters. The molecule has 0 amide bonds. The lowest BCUT2D eigenvalue weighted by molar-refractivity contribution is -0.394. The smallest absolute Gasteiger partial charge is 0.340 e. The van der Waals surface area contributed by atoms with E-state index in [2.05, 4.69) is 15.5 Å². The van der Waals surface area contributed by atoms with Crippen LogP contribution in [-0.2, 0) is 6.61 Å². The zero-order valence-corrected chi connectivity index (χ0v) is 13.7. The summed E-state index contributed by atoms with van der Waals surface area (Å²) in [6, 6.07) is 8.31. The summed E-state index contributed by atoms with van der Waals surface area (Å²) < 4.78 is 6.56. The van der Waals surface area contributed by atoms with E-state index in [-0.39, 0.29) is 23.9 Å². The van der Waals surface area contributed by atoms with Crippen LogP contribution >= 0.6 is 0 Å². The second kappa shape index (κ2) is 7.40. The molecule has 1 heterocycles. The monoisotopic (exact) mass is 387 g/mol. The Morgan fingerprint density at radius 3 is 1.96 bits per heavy atom. The van der Waals surface area contributed by atoms with Gasteiger partial charge < -0.3 is 4.74 Å². The van der Waals surface area contributed by atoms with Crippen molar-refractivity contribution < 1.29 is 19.5 Å². The summed E-state index contributed by atoms with van der Waals surface area (Å²) in [6.45, 7) is -0.282. The summed E-state index contributed by atoms with van der Waals surface area (Å²) in [5, 5.41) is 43.4. The molecule has 14 nitrogen and oxygen atoms in total. The molecule has 0 bridgehead atoms. The summed E-state index contributed by atoms with van der Waals surface area (Å²) in [4.78, 5) is 30.5. The van der Waals surface area contributed by atoms with Crippen molar-refractivity contribution in [2.75, 3.05) is 0 Å². The number of nitrogens with zero attached hydrogens (tertiary/aromatic N) is 7. The number of non-ortho nitro benzene ring substituents is 3. The molecule has 3 rings (SSSR count). The first kappa shape index (κ1) is 18.3. The minimum absolute atomic E-state index is 0.108. The van der Waals surface area contributed by atoms with E-state index in [9.17, 15) is 30.3 Å². The van der Waals surface area contributed by atoms with Gasteiger partial charge >= 0.3 is 6.01 Å². The predicted octanol–water partition coefficient (Wildman–Crippen LogP) is 1.97. The lowest BCUT2D eigenvalue weighted by Gasteiger charge is -2.06. The molecule has 0 saturated carbocycles. The van der Waals surface area contributed by atoms with Crippen molar-refractivity contribution in [1.29, 1.82) is 0 Å². The number of hydrogen-bond acceptors (Lipinski definition) is 10. The Kier molecular flexibility index (Phi) is 4.84. The molecule has 142 valence electrons. The van der Waals surface area contributed by atoms with Gasteiger partial charge in [0.25, 0.3) is 17.1 Å². The fourth-order valence-corrected chi connectivity index (χ4v) is 2.24. The van der Waals surface area contributed by atoms with Crippen molar-refractivity contribution in [3.05, 3.63) is 78.4 Å². The third-order valence-electron chi connectivity index (χ3n) is 3.50. The third kappa shape index (κ3) is 3.85. The maximum Gasteiger partial charge on any atom is 0.340 e. The number of nitro groups is 3. The van der Waals surface area contributed by atoms with Gasteiger partial charge in [0.05, 0.1) is 26.5 Å². The Morgan fingerprint density at radius 2 is 1.43 bits per heavy atom. The van der Waals surface area contributed by atoms with Gasteiger partial charge in [0.1, 0.15) is 6.61 Å². The predicted molar refractivity (Wildman–Crippen MR) is 89.9 cm³/mol. The van der Waals surface area contributed by atoms with Gasteiger partial charge in [-0.1, -0.05) is 5.10 Å². The van der Waals surface area contributed by atoms with Gasteiger partial charge in [0, 0.05) is 29.8 Å². The highest BCUT2D eigenvalue weighted by Crippen LogP contribution is 2.24. The molecule has 2 aromatic carbocycles. The Labute approximate surface area is 154 Å². The van der Waals surface area contributed by atoms with Crippen LogP contribution in [0.4, 0.5) is 17.1 Å². The van der Waals surface area contributed by atoms with Crippen LogP contribution in [0.3, 0.4) is 0 Å². The Balaban J connectivity index is 1.83. The molecule has 0 N–H and O–H groups in total. The van der Waals surface area contributed by atoms with Gasteiger partial charge in [-0.25, -0.2) is 0 Å². The first-order valence-corrected chi connectivity index (χ1v) is 7.44. The standard InChI is InChI=1S/C14H9N7O7/c22-19(23)11-3-1-10(2-4-11)18-14(15-16-17-18)28-8-9-5-12(20(24)25)7-13(6-9)21(26)27/h1-7H,8H2. The second-order valence-corrected chi connectivity index (χ2v) is 5.31. The molecule has 0 fully saturated rings. The molecule has 0 aliphatic heterocycles. The van der Waals surface area contributed by atoms with Crippen LogP contribution < -0.4 is 4.74 Å². The summed E-state index contributed by atoms with van der Waals surface area (Å²) in [5.74, 6) is 0. The Bertz CT molecular complexity index is 1030. The zero-order chi connectivity index (χ0) is 20.3. The molecule has 14 heteroatoms. The maximum absolute atomic E-state index is 10.9.